The lowest BCUT2D eigenvalue weighted by molar-refractivity contribution is -0.139. The molecule has 0 aliphatic rings. The first-order valence-corrected chi connectivity index (χ1v) is 7.94. The van der Waals surface area contributed by atoms with Crippen LogP contribution in [0.1, 0.15) is 17.0 Å². The summed E-state index contributed by atoms with van der Waals surface area (Å²) in [7, 11) is 0. The summed E-state index contributed by atoms with van der Waals surface area (Å²) in [6, 6.07) is 5.60. The highest BCUT2D eigenvalue weighted by Crippen LogP contribution is 2.06. The Morgan fingerprint density at radius 2 is 2.14 bits per heavy atom. The lowest BCUT2D eigenvalue weighted by atomic mass is 10.2. The topological polar surface area (TPSA) is 112 Å². The Balaban J connectivity index is 2.25. The van der Waals surface area contributed by atoms with E-state index in [2.05, 4.69) is 15.3 Å². The fourth-order valence-electron chi connectivity index (χ4n) is 1.91. The lowest BCUT2D eigenvalue weighted by Crippen LogP contribution is -2.42. The van der Waals surface area contributed by atoms with Gasteiger partial charge >= 0.3 is 5.97 Å². The van der Waals surface area contributed by atoms with E-state index in [1.54, 1.807) is 24.3 Å². The summed E-state index contributed by atoms with van der Waals surface area (Å²) in [4.78, 5) is 41.6. The van der Waals surface area contributed by atoms with E-state index in [-0.39, 0.29) is 5.82 Å². The quantitative estimate of drug-likeness (QED) is 0.727. The molecule has 1 heterocycles. The van der Waals surface area contributed by atoms with Crippen molar-refractivity contribution in [2.45, 2.75) is 12.5 Å². The second-order valence-corrected chi connectivity index (χ2v) is 5.56. The van der Waals surface area contributed by atoms with E-state index < -0.39 is 23.5 Å². The number of thioether (sulfide) groups is 1. The SMILES string of the molecule is CSCCC(NC(=O)c1nc2ccccc2c(=O)[nH]1)C(=O)O. The lowest BCUT2D eigenvalue weighted by Gasteiger charge is -2.13. The number of carbonyl (C=O) groups is 2. The third-order valence-corrected chi connectivity index (χ3v) is 3.69. The summed E-state index contributed by atoms with van der Waals surface area (Å²) in [6.07, 6.45) is 2.14. The normalized spacial score (nSPS) is 12.0. The van der Waals surface area contributed by atoms with E-state index in [4.69, 9.17) is 5.11 Å². The molecule has 0 bridgehead atoms. The van der Waals surface area contributed by atoms with Crippen LogP contribution in [0.15, 0.2) is 29.1 Å². The van der Waals surface area contributed by atoms with Gasteiger partial charge in [-0.05, 0) is 30.6 Å². The highest BCUT2D eigenvalue weighted by molar-refractivity contribution is 7.98. The number of carbonyl (C=O) groups excluding carboxylic acids is 1. The summed E-state index contributed by atoms with van der Waals surface area (Å²) >= 11 is 1.49. The van der Waals surface area contributed by atoms with Crippen molar-refractivity contribution >= 4 is 34.5 Å². The third kappa shape index (κ3) is 3.64. The molecule has 1 aromatic carbocycles. The fourth-order valence-corrected chi connectivity index (χ4v) is 2.39. The number of amides is 1. The van der Waals surface area contributed by atoms with Crippen LogP contribution in [-0.2, 0) is 4.79 Å². The minimum Gasteiger partial charge on any atom is -0.480 e. The van der Waals surface area contributed by atoms with Crippen LogP contribution < -0.4 is 10.9 Å². The molecule has 116 valence electrons. The molecular weight excluding hydrogens is 306 g/mol. The van der Waals surface area contributed by atoms with Crippen molar-refractivity contribution in [2.75, 3.05) is 12.0 Å². The zero-order valence-electron chi connectivity index (χ0n) is 11.8. The zero-order valence-corrected chi connectivity index (χ0v) is 12.6. The zero-order chi connectivity index (χ0) is 16.1. The maximum absolute atomic E-state index is 12.1. The van der Waals surface area contributed by atoms with Crippen molar-refractivity contribution in [1.82, 2.24) is 15.3 Å². The Bertz CT molecular complexity index is 759. The minimum atomic E-state index is -1.12. The molecule has 0 fully saturated rings. The predicted octanol–water partition coefficient (Wildman–Crippen LogP) is 0.859. The first-order valence-electron chi connectivity index (χ1n) is 6.54. The molecule has 2 aromatic rings. The van der Waals surface area contributed by atoms with Crippen molar-refractivity contribution in [3.05, 3.63) is 40.4 Å². The number of H-pyrrole nitrogens is 1. The first kappa shape index (κ1) is 16.0. The molecule has 1 amide bonds. The second-order valence-electron chi connectivity index (χ2n) is 4.58. The van der Waals surface area contributed by atoms with Gasteiger partial charge in [-0.1, -0.05) is 12.1 Å². The number of aliphatic carboxylic acids is 1. The van der Waals surface area contributed by atoms with Gasteiger partial charge in [0.15, 0.2) is 5.82 Å². The Morgan fingerprint density at radius 3 is 2.82 bits per heavy atom. The molecule has 0 aliphatic carbocycles. The van der Waals surface area contributed by atoms with E-state index in [0.717, 1.165) is 0 Å². The number of hydrogen-bond acceptors (Lipinski definition) is 5. The predicted molar refractivity (Wildman–Crippen MR) is 84.3 cm³/mol. The van der Waals surface area contributed by atoms with Crippen LogP contribution in [0.2, 0.25) is 0 Å². The second kappa shape index (κ2) is 7.08. The standard InChI is InChI=1S/C14H15N3O4S/c1-22-7-6-10(14(20)21)16-13(19)11-15-9-5-3-2-4-8(9)12(18)17-11/h2-5,10H,6-7H2,1H3,(H,16,19)(H,20,21)(H,15,17,18). The molecule has 0 spiro atoms. The highest BCUT2D eigenvalue weighted by Gasteiger charge is 2.21. The Kier molecular flexibility index (Phi) is 5.16. The van der Waals surface area contributed by atoms with Gasteiger partial charge in [0.05, 0.1) is 10.9 Å². The number of aromatic nitrogens is 2. The van der Waals surface area contributed by atoms with Crippen LogP contribution in [0.25, 0.3) is 10.9 Å². The number of fused-ring (bicyclic) bond motifs is 1. The molecule has 0 saturated heterocycles. The molecule has 7 nitrogen and oxygen atoms in total. The van der Waals surface area contributed by atoms with Gasteiger partial charge in [0.1, 0.15) is 6.04 Å². The van der Waals surface area contributed by atoms with Gasteiger partial charge in [-0.25, -0.2) is 9.78 Å². The first-order chi connectivity index (χ1) is 10.5. The van der Waals surface area contributed by atoms with Crippen LogP contribution in [0.3, 0.4) is 0 Å². The van der Waals surface area contributed by atoms with Crippen molar-refractivity contribution in [3.8, 4) is 0 Å². The molecule has 1 aromatic heterocycles. The number of carboxylic acids is 1. The number of hydrogen-bond donors (Lipinski definition) is 3. The van der Waals surface area contributed by atoms with Crippen LogP contribution in [0.5, 0.6) is 0 Å². The largest absolute Gasteiger partial charge is 0.480 e. The van der Waals surface area contributed by atoms with Gasteiger partial charge in [0.25, 0.3) is 11.5 Å². The van der Waals surface area contributed by atoms with Crippen LogP contribution in [-0.4, -0.2) is 45.0 Å². The highest BCUT2D eigenvalue weighted by atomic mass is 32.2. The number of para-hydroxylation sites is 1. The number of aromatic amines is 1. The third-order valence-electron chi connectivity index (χ3n) is 3.04. The molecule has 0 aliphatic heterocycles. The maximum atomic E-state index is 12.1. The summed E-state index contributed by atoms with van der Waals surface area (Å²) < 4.78 is 0. The van der Waals surface area contributed by atoms with E-state index in [9.17, 15) is 14.4 Å². The van der Waals surface area contributed by atoms with Crippen molar-refractivity contribution in [3.63, 3.8) is 0 Å². The molecule has 1 atom stereocenters. The fraction of sp³-hybridized carbons (Fsp3) is 0.286. The minimum absolute atomic E-state index is 0.195. The number of carboxylic acid groups (broad SMARTS) is 1. The van der Waals surface area contributed by atoms with Crippen LogP contribution in [0, 0.1) is 0 Å². The van der Waals surface area contributed by atoms with Gasteiger partial charge in [0, 0.05) is 0 Å². The van der Waals surface area contributed by atoms with E-state index >= 15 is 0 Å². The number of nitrogens with zero attached hydrogens (tertiary/aromatic N) is 1. The van der Waals surface area contributed by atoms with Crippen molar-refractivity contribution in [2.24, 2.45) is 0 Å². The summed E-state index contributed by atoms with van der Waals surface area (Å²) in [5.74, 6) is -1.43. The van der Waals surface area contributed by atoms with E-state index in [1.807, 2.05) is 6.26 Å². The average molecular weight is 321 g/mol. The molecule has 0 radical (unpaired) electrons. The molecule has 3 N–H and O–H groups in total. The number of rotatable bonds is 6. The summed E-state index contributed by atoms with van der Waals surface area (Å²) in [6.45, 7) is 0. The average Bonchev–Trinajstić information content (AvgIpc) is 2.50. The van der Waals surface area contributed by atoms with E-state index in [0.29, 0.717) is 23.1 Å². The van der Waals surface area contributed by atoms with Gasteiger partial charge in [0.2, 0.25) is 0 Å². The monoisotopic (exact) mass is 321 g/mol. The van der Waals surface area contributed by atoms with Crippen LogP contribution >= 0.6 is 11.8 Å². The molecule has 1 unspecified atom stereocenters. The molecular formula is C14H15N3O4S. The van der Waals surface area contributed by atoms with Gasteiger partial charge < -0.3 is 15.4 Å². The Morgan fingerprint density at radius 1 is 1.41 bits per heavy atom. The smallest absolute Gasteiger partial charge is 0.326 e. The molecule has 8 heteroatoms. The van der Waals surface area contributed by atoms with Crippen molar-refractivity contribution in [1.29, 1.82) is 0 Å². The van der Waals surface area contributed by atoms with Gasteiger partial charge in [-0.2, -0.15) is 11.8 Å². The van der Waals surface area contributed by atoms with Gasteiger partial charge in [-0.3, -0.25) is 9.59 Å². The number of nitrogens with one attached hydrogen (secondary N) is 2. The number of benzene rings is 1. The molecule has 22 heavy (non-hydrogen) atoms. The van der Waals surface area contributed by atoms with E-state index in [1.165, 1.54) is 11.8 Å². The molecule has 2 rings (SSSR count). The maximum Gasteiger partial charge on any atom is 0.326 e. The Hall–Kier alpha value is -2.35. The van der Waals surface area contributed by atoms with Gasteiger partial charge in [-0.15, -0.1) is 0 Å². The Labute approximate surface area is 130 Å². The summed E-state index contributed by atoms with van der Waals surface area (Å²) in [5, 5.41) is 11.9. The molecule has 0 saturated carbocycles. The van der Waals surface area contributed by atoms with Crippen molar-refractivity contribution < 1.29 is 14.7 Å². The summed E-state index contributed by atoms with van der Waals surface area (Å²) in [5.41, 5.74) is -0.0564. The van der Waals surface area contributed by atoms with Crippen LogP contribution in [0.4, 0.5) is 0 Å².